The molecule has 0 unspecified atom stereocenters. The van der Waals surface area contributed by atoms with Crippen LogP contribution in [0.1, 0.15) is 71.6 Å². The topological polar surface area (TPSA) is 74.6 Å². The van der Waals surface area contributed by atoms with Gasteiger partial charge in [0.2, 0.25) is 0 Å². The fourth-order valence-corrected chi connectivity index (χ4v) is 1.61. The Morgan fingerprint density at radius 2 is 0.824 bits per heavy atom. The van der Waals surface area contributed by atoms with Crippen molar-refractivity contribution >= 4 is 11.9 Å². The SMILES string of the molecule is C.O=C(O)CCCCCCCCCCC(=O)O. The van der Waals surface area contributed by atoms with Crippen molar-refractivity contribution in [3.05, 3.63) is 0 Å². The summed E-state index contributed by atoms with van der Waals surface area (Å²) >= 11 is 0. The van der Waals surface area contributed by atoms with Crippen molar-refractivity contribution in [2.24, 2.45) is 0 Å². The molecular formula is C13H26O4. The molecule has 0 atom stereocenters. The van der Waals surface area contributed by atoms with Gasteiger partial charge in [0, 0.05) is 12.8 Å². The third-order valence-corrected chi connectivity index (χ3v) is 2.53. The van der Waals surface area contributed by atoms with Gasteiger partial charge in [0.15, 0.2) is 0 Å². The largest absolute Gasteiger partial charge is 0.481 e. The molecule has 0 rings (SSSR count). The van der Waals surface area contributed by atoms with E-state index in [1.165, 1.54) is 0 Å². The lowest BCUT2D eigenvalue weighted by Crippen LogP contribution is -1.94. The number of hydrogen-bond donors (Lipinski definition) is 2. The Morgan fingerprint density at radius 1 is 0.588 bits per heavy atom. The maximum atomic E-state index is 10.2. The van der Waals surface area contributed by atoms with Gasteiger partial charge in [-0.2, -0.15) is 0 Å². The second-order valence-corrected chi connectivity index (χ2v) is 4.12. The minimum Gasteiger partial charge on any atom is -0.481 e. The predicted molar refractivity (Wildman–Crippen MR) is 68.2 cm³/mol. The zero-order valence-electron chi connectivity index (χ0n) is 9.78. The summed E-state index contributed by atoms with van der Waals surface area (Å²) in [4.78, 5) is 20.4. The molecule has 0 spiro atoms. The third kappa shape index (κ3) is 17.5. The quantitative estimate of drug-likeness (QED) is 0.545. The summed E-state index contributed by atoms with van der Waals surface area (Å²) in [5, 5.41) is 16.8. The van der Waals surface area contributed by atoms with E-state index < -0.39 is 11.9 Å². The van der Waals surface area contributed by atoms with Gasteiger partial charge < -0.3 is 10.2 Å². The Kier molecular flexibility index (Phi) is 14.0. The molecule has 0 aromatic carbocycles. The normalized spacial score (nSPS) is 9.65. The first-order valence-electron chi connectivity index (χ1n) is 6.06. The number of aliphatic carboxylic acids is 2. The van der Waals surface area contributed by atoms with Gasteiger partial charge in [-0.05, 0) is 12.8 Å². The molecule has 2 N–H and O–H groups in total. The summed E-state index contributed by atoms with van der Waals surface area (Å²) in [6, 6.07) is 0. The lowest BCUT2D eigenvalue weighted by molar-refractivity contribution is -0.138. The van der Waals surface area contributed by atoms with Gasteiger partial charge in [-0.25, -0.2) is 0 Å². The summed E-state index contributed by atoms with van der Waals surface area (Å²) < 4.78 is 0. The average Bonchev–Trinajstić information content (AvgIpc) is 2.20. The van der Waals surface area contributed by atoms with Gasteiger partial charge in [0.1, 0.15) is 0 Å². The molecule has 0 aromatic heterocycles. The van der Waals surface area contributed by atoms with Gasteiger partial charge in [-0.1, -0.05) is 46.0 Å². The van der Waals surface area contributed by atoms with E-state index in [0.717, 1.165) is 51.4 Å². The average molecular weight is 246 g/mol. The van der Waals surface area contributed by atoms with Crippen LogP contribution in [-0.4, -0.2) is 22.2 Å². The van der Waals surface area contributed by atoms with Crippen molar-refractivity contribution in [2.75, 3.05) is 0 Å². The van der Waals surface area contributed by atoms with E-state index in [-0.39, 0.29) is 20.3 Å². The van der Waals surface area contributed by atoms with Crippen molar-refractivity contribution in [1.82, 2.24) is 0 Å². The Bertz CT molecular complexity index is 180. The Balaban J connectivity index is 0. The van der Waals surface area contributed by atoms with Crippen LogP contribution in [0.2, 0.25) is 0 Å². The number of carbonyl (C=O) groups is 2. The first kappa shape index (κ1) is 18.3. The smallest absolute Gasteiger partial charge is 0.303 e. The van der Waals surface area contributed by atoms with Crippen molar-refractivity contribution in [3.63, 3.8) is 0 Å². The highest BCUT2D eigenvalue weighted by molar-refractivity contribution is 5.66. The zero-order valence-corrected chi connectivity index (χ0v) is 9.78. The van der Waals surface area contributed by atoms with E-state index in [1.807, 2.05) is 0 Å². The molecule has 0 aromatic rings. The summed E-state index contributed by atoms with van der Waals surface area (Å²) in [5.41, 5.74) is 0. The lowest BCUT2D eigenvalue weighted by atomic mass is 10.1. The maximum absolute atomic E-state index is 10.2. The number of carboxylic acids is 2. The molecule has 4 heteroatoms. The van der Waals surface area contributed by atoms with Crippen LogP contribution in [0.5, 0.6) is 0 Å². The molecule has 0 bridgehead atoms. The van der Waals surface area contributed by atoms with E-state index in [0.29, 0.717) is 0 Å². The third-order valence-electron chi connectivity index (χ3n) is 2.53. The summed E-state index contributed by atoms with van der Waals surface area (Å²) in [6.45, 7) is 0. The first-order chi connectivity index (χ1) is 7.63. The Labute approximate surface area is 104 Å². The molecule has 17 heavy (non-hydrogen) atoms. The molecule has 0 aliphatic heterocycles. The van der Waals surface area contributed by atoms with Crippen LogP contribution in [0, 0.1) is 0 Å². The highest BCUT2D eigenvalue weighted by atomic mass is 16.4. The molecule has 0 aliphatic rings. The van der Waals surface area contributed by atoms with E-state index in [2.05, 4.69) is 0 Å². The van der Waals surface area contributed by atoms with Crippen LogP contribution >= 0.6 is 0 Å². The Morgan fingerprint density at radius 3 is 1.06 bits per heavy atom. The van der Waals surface area contributed by atoms with Crippen molar-refractivity contribution in [1.29, 1.82) is 0 Å². The van der Waals surface area contributed by atoms with Crippen LogP contribution < -0.4 is 0 Å². The number of unbranched alkanes of at least 4 members (excludes halogenated alkanes) is 7. The summed E-state index contributed by atoms with van der Waals surface area (Å²) in [5.74, 6) is -1.43. The first-order valence-corrected chi connectivity index (χ1v) is 6.06. The number of hydrogen-bond acceptors (Lipinski definition) is 2. The van der Waals surface area contributed by atoms with E-state index in [9.17, 15) is 9.59 Å². The molecule has 0 saturated heterocycles. The summed E-state index contributed by atoms with van der Waals surface area (Å²) in [7, 11) is 0. The number of rotatable bonds is 11. The van der Waals surface area contributed by atoms with Crippen LogP contribution in [0.3, 0.4) is 0 Å². The maximum Gasteiger partial charge on any atom is 0.303 e. The molecule has 102 valence electrons. The lowest BCUT2D eigenvalue weighted by Gasteiger charge is -2.00. The van der Waals surface area contributed by atoms with E-state index in [4.69, 9.17) is 10.2 Å². The summed E-state index contributed by atoms with van der Waals surface area (Å²) in [6.07, 6.45) is 8.51. The highest BCUT2D eigenvalue weighted by Crippen LogP contribution is 2.10. The van der Waals surface area contributed by atoms with E-state index in [1.54, 1.807) is 0 Å². The van der Waals surface area contributed by atoms with Crippen LogP contribution in [0.4, 0.5) is 0 Å². The van der Waals surface area contributed by atoms with Gasteiger partial charge in [-0.3, -0.25) is 9.59 Å². The van der Waals surface area contributed by atoms with Crippen LogP contribution in [-0.2, 0) is 9.59 Å². The van der Waals surface area contributed by atoms with Crippen LogP contribution in [0.15, 0.2) is 0 Å². The van der Waals surface area contributed by atoms with E-state index >= 15 is 0 Å². The monoisotopic (exact) mass is 246 g/mol. The van der Waals surface area contributed by atoms with Gasteiger partial charge >= 0.3 is 11.9 Å². The standard InChI is InChI=1S/C12H22O4.CH4/c13-11(14)9-7-5-3-1-2-4-6-8-10-12(15)16;/h1-10H2,(H,13,14)(H,15,16);1H4. The van der Waals surface area contributed by atoms with Crippen molar-refractivity contribution in [3.8, 4) is 0 Å². The van der Waals surface area contributed by atoms with Crippen molar-refractivity contribution in [2.45, 2.75) is 71.6 Å². The fraction of sp³-hybridized carbons (Fsp3) is 0.846. The molecule has 0 amide bonds. The molecule has 0 aliphatic carbocycles. The Hall–Kier alpha value is -1.06. The molecule has 0 saturated carbocycles. The highest BCUT2D eigenvalue weighted by Gasteiger charge is 1.98. The second kappa shape index (κ2) is 13.0. The molecule has 4 nitrogen and oxygen atoms in total. The van der Waals surface area contributed by atoms with Crippen molar-refractivity contribution < 1.29 is 19.8 Å². The minimum atomic E-state index is -0.714. The number of carboxylic acid groups (broad SMARTS) is 2. The fourth-order valence-electron chi connectivity index (χ4n) is 1.61. The predicted octanol–water partition coefficient (Wildman–Crippen LogP) is 3.69. The molecule has 0 fully saturated rings. The van der Waals surface area contributed by atoms with Gasteiger partial charge in [-0.15, -0.1) is 0 Å². The molecule has 0 heterocycles. The van der Waals surface area contributed by atoms with Crippen LogP contribution in [0.25, 0.3) is 0 Å². The minimum absolute atomic E-state index is 0. The molecule has 0 radical (unpaired) electrons. The molecular weight excluding hydrogens is 220 g/mol. The second-order valence-electron chi connectivity index (χ2n) is 4.12. The zero-order chi connectivity index (χ0) is 12.2. The van der Waals surface area contributed by atoms with Gasteiger partial charge in [0.25, 0.3) is 0 Å². The van der Waals surface area contributed by atoms with Gasteiger partial charge in [0.05, 0.1) is 0 Å².